The van der Waals surface area contributed by atoms with Crippen LogP contribution in [-0.4, -0.2) is 48.3 Å². The first kappa shape index (κ1) is 15.8. The number of aromatic amines is 1. The van der Waals surface area contributed by atoms with Gasteiger partial charge in [0, 0.05) is 37.8 Å². The van der Waals surface area contributed by atoms with Crippen LogP contribution in [0.4, 0.5) is 0 Å². The molecule has 0 spiro atoms. The largest absolute Gasteiger partial charge is 0.416 e. The van der Waals surface area contributed by atoms with Crippen LogP contribution in [0.25, 0.3) is 11.4 Å². The number of fused-ring (bicyclic) bond motifs is 1. The Morgan fingerprint density at radius 1 is 1.44 bits per heavy atom. The molecule has 9 heteroatoms. The van der Waals surface area contributed by atoms with E-state index in [4.69, 9.17) is 4.42 Å². The molecule has 0 aromatic carbocycles. The second kappa shape index (κ2) is 6.67. The Labute approximate surface area is 148 Å². The second-order valence-electron chi connectivity index (χ2n) is 5.69. The lowest BCUT2D eigenvalue weighted by Crippen LogP contribution is -2.37. The van der Waals surface area contributed by atoms with Crippen molar-refractivity contribution in [2.75, 3.05) is 12.3 Å². The number of hydrogen-bond acceptors (Lipinski definition) is 7. The van der Waals surface area contributed by atoms with Crippen LogP contribution in [0.5, 0.6) is 0 Å². The topological polar surface area (TPSA) is 101 Å². The van der Waals surface area contributed by atoms with E-state index in [1.54, 1.807) is 19.3 Å². The van der Waals surface area contributed by atoms with E-state index < -0.39 is 0 Å². The molecule has 0 fully saturated rings. The molecule has 1 aliphatic heterocycles. The molecule has 0 aliphatic carbocycles. The molecular formula is C16H16N6O2S. The van der Waals surface area contributed by atoms with E-state index in [1.165, 1.54) is 11.8 Å². The van der Waals surface area contributed by atoms with E-state index in [-0.39, 0.29) is 11.7 Å². The second-order valence-corrected chi connectivity index (χ2v) is 6.62. The number of aromatic nitrogens is 5. The number of thioether (sulfide) groups is 1. The predicted molar refractivity (Wildman–Crippen MR) is 90.7 cm³/mol. The minimum Gasteiger partial charge on any atom is -0.416 e. The van der Waals surface area contributed by atoms with Crippen molar-refractivity contribution >= 4 is 17.7 Å². The number of pyridine rings is 1. The molecule has 0 saturated carbocycles. The molecule has 1 aliphatic rings. The van der Waals surface area contributed by atoms with Gasteiger partial charge in [-0.25, -0.2) is 4.98 Å². The third-order valence-electron chi connectivity index (χ3n) is 3.95. The van der Waals surface area contributed by atoms with Crippen molar-refractivity contribution in [2.24, 2.45) is 0 Å². The summed E-state index contributed by atoms with van der Waals surface area (Å²) in [5, 5.41) is 8.07. The zero-order valence-electron chi connectivity index (χ0n) is 13.6. The highest BCUT2D eigenvalue weighted by atomic mass is 32.2. The maximum absolute atomic E-state index is 12.4. The van der Waals surface area contributed by atoms with Gasteiger partial charge in [0.1, 0.15) is 5.82 Å². The van der Waals surface area contributed by atoms with Crippen molar-refractivity contribution in [3.63, 3.8) is 0 Å². The number of aryl methyl sites for hydroxylation is 1. The SMILES string of the molecule is Cc1nnc(SCC(=O)N2CCc3nc(-c4cccnc4)[nH]c3C2)o1. The lowest BCUT2D eigenvalue weighted by Gasteiger charge is -2.25. The third-order valence-corrected chi connectivity index (χ3v) is 4.75. The summed E-state index contributed by atoms with van der Waals surface area (Å²) in [6.45, 7) is 2.92. The van der Waals surface area contributed by atoms with Gasteiger partial charge >= 0.3 is 0 Å². The summed E-state index contributed by atoms with van der Waals surface area (Å²) in [6.07, 6.45) is 4.24. The Morgan fingerprint density at radius 3 is 3.12 bits per heavy atom. The predicted octanol–water partition coefficient (Wildman–Crippen LogP) is 1.84. The maximum atomic E-state index is 12.4. The number of nitrogens with one attached hydrogen (secondary N) is 1. The summed E-state index contributed by atoms with van der Waals surface area (Å²) in [5.74, 6) is 1.62. The average Bonchev–Trinajstić information content (AvgIpc) is 3.25. The van der Waals surface area contributed by atoms with Crippen LogP contribution >= 0.6 is 11.8 Å². The Kier molecular flexibility index (Phi) is 4.22. The fourth-order valence-corrected chi connectivity index (χ4v) is 3.41. The van der Waals surface area contributed by atoms with E-state index in [1.807, 2.05) is 17.0 Å². The highest BCUT2D eigenvalue weighted by Crippen LogP contribution is 2.23. The summed E-state index contributed by atoms with van der Waals surface area (Å²) < 4.78 is 5.28. The highest BCUT2D eigenvalue weighted by Gasteiger charge is 2.24. The normalized spacial score (nSPS) is 13.7. The molecule has 1 N–H and O–H groups in total. The molecule has 0 atom stereocenters. The van der Waals surface area contributed by atoms with E-state index in [9.17, 15) is 4.79 Å². The van der Waals surface area contributed by atoms with Gasteiger partial charge in [-0.3, -0.25) is 9.78 Å². The van der Waals surface area contributed by atoms with Crippen molar-refractivity contribution < 1.29 is 9.21 Å². The van der Waals surface area contributed by atoms with Crippen molar-refractivity contribution in [3.8, 4) is 11.4 Å². The summed E-state index contributed by atoms with van der Waals surface area (Å²) in [7, 11) is 0. The summed E-state index contributed by atoms with van der Waals surface area (Å²) >= 11 is 1.26. The van der Waals surface area contributed by atoms with Gasteiger partial charge < -0.3 is 14.3 Å². The monoisotopic (exact) mass is 356 g/mol. The number of carbonyl (C=O) groups is 1. The standard InChI is InChI=1S/C16H16N6O2S/c1-10-20-21-16(24-10)25-9-14(23)22-6-4-12-13(8-22)19-15(18-12)11-3-2-5-17-7-11/h2-3,5,7H,4,6,8-9H2,1H3,(H,18,19). The van der Waals surface area contributed by atoms with Gasteiger partial charge in [-0.05, 0) is 12.1 Å². The Balaban J connectivity index is 1.42. The van der Waals surface area contributed by atoms with Crippen LogP contribution < -0.4 is 0 Å². The fourth-order valence-electron chi connectivity index (χ4n) is 2.70. The van der Waals surface area contributed by atoms with Crippen LogP contribution in [0.2, 0.25) is 0 Å². The van der Waals surface area contributed by atoms with Crippen LogP contribution in [0.1, 0.15) is 17.3 Å². The zero-order chi connectivity index (χ0) is 17.2. The molecule has 4 heterocycles. The van der Waals surface area contributed by atoms with Crippen molar-refractivity contribution in [1.82, 2.24) is 30.0 Å². The smallest absolute Gasteiger partial charge is 0.277 e. The molecule has 0 radical (unpaired) electrons. The van der Waals surface area contributed by atoms with Gasteiger partial charge in [0.25, 0.3) is 5.22 Å². The summed E-state index contributed by atoms with van der Waals surface area (Å²) in [4.78, 5) is 26.3. The van der Waals surface area contributed by atoms with Crippen molar-refractivity contribution in [2.45, 2.75) is 25.1 Å². The van der Waals surface area contributed by atoms with Gasteiger partial charge in [0.05, 0.1) is 23.7 Å². The lowest BCUT2D eigenvalue weighted by atomic mass is 10.1. The molecule has 3 aromatic heterocycles. The molecule has 3 aromatic rings. The van der Waals surface area contributed by atoms with Crippen LogP contribution in [0.15, 0.2) is 34.2 Å². The highest BCUT2D eigenvalue weighted by molar-refractivity contribution is 7.99. The average molecular weight is 356 g/mol. The van der Waals surface area contributed by atoms with Gasteiger partial charge in [0.2, 0.25) is 11.8 Å². The Morgan fingerprint density at radius 2 is 2.36 bits per heavy atom. The molecule has 4 rings (SSSR count). The minimum absolute atomic E-state index is 0.0454. The molecule has 128 valence electrons. The Bertz CT molecular complexity index is 891. The van der Waals surface area contributed by atoms with E-state index in [0.29, 0.717) is 24.2 Å². The number of rotatable bonds is 4. The maximum Gasteiger partial charge on any atom is 0.277 e. The number of H-pyrrole nitrogens is 1. The van der Waals surface area contributed by atoms with Gasteiger partial charge in [-0.15, -0.1) is 10.2 Å². The van der Waals surface area contributed by atoms with Gasteiger partial charge in [-0.1, -0.05) is 11.8 Å². The molecule has 25 heavy (non-hydrogen) atoms. The summed E-state index contributed by atoms with van der Waals surface area (Å²) in [5.41, 5.74) is 2.94. The van der Waals surface area contributed by atoms with E-state index in [2.05, 4.69) is 25.1 Å². The molecular weight excluding hydrogens is 340 g/mol. The quantitative estimate of drug-likeness (QED) is 0.712. The van der Waals surface area contributed by atoms with E-state index in [0.717, 1.165) is 29.2 Å². The fraction of sp³-hybridized carbons (Fsp3) is 0.312. The number of hydrogen-bond donors (Lipinski definition) is 1. The summed E-state index contributed by atoms with van der Waals surface area (Å²) in [6, 6.07) is 3.84. The van der Waals surface area contributed by atoms with Gasteiger partial charge in [-0.2, -0.15) is 0 Å². The first-order valence-corrected chi connectivity index (χ1v) is 8.86. The lowest BCUT2D eigenvalue weighted by molar-refractivity contribution is -0.129. The van der Waals surface area contributed by atoms with Crippen molar-refractivity contribution in [1.29, 1.82) is 0 Å². The number of nitrogens with zero attached hydrogens (tertiary/aromatic N) is 5. The number of carbonyl (C=O) groups excluding carboxylic acids is 1. The molecule has 0 saturated heterocycles. The zero-order valence-corrected chi connectivity index (χ0v) is 14.4. The molecule has 0 bridgehead atoms. The van der Waals surface area contributed by atoms with Gasteiger partial charge in [0.15, 0.2) is 0 Å². The molecule has 8 nitrogen and oxygen atoms in total. The molecule has 0 unspecified atom stereocenters. The first-order valence-electron chi connectivity index (χ1n) is 7.88. The Hall–Kier alpha value is -2.68. The number of imidazole rings is 1. The number of amides is 1. The van der Waals surface area contributed by atoms with E-state index >= 15 is 0 Å². The van der Waals surface area contributed by atoms with Crippen LogP contribution in [-0.2, 0) is 17.8 Å². The third kappa shape index (κ3) is 3.41. The minimum atomic E-state index is 0.0454. The molecule has 1 amide bonds. The van der Waals surface area contributed by atoms with Crippen molar-refractivity contribution in [3.05, 3.63) is 41.8 Å². The first-order chi connectivity index (χ1) is 12.2. The van der Waals surface area contributed by atoms with Crippen LogP contribution in [0.3, 0.4) is 0 Å². The van der Waals surface area contributed by atoms with Crippen LogP contribution in [0, 0.1) is 6.92 Å².